The van der Waals surface area contributed by atoms with E-state index < -0.39 is 5.60 Å². The zero-order valence-corrected chi connectivity index (χ0v) is 8.89. The molecule has 2 aliphatic carbocycles. The van der Waals surface area contributed by atoms with E-state index in [-0.39, 0.29) is 0 Å². The van der Waals surface area contributed by atoms with Crippen molar-refractivity contribution in [3.05, 3.63) is 23.3 Å². The van der Waals surface area contributed by atoms with Crippen LogP contribution in [-0.4, -0.2) is 10.7 Å². The standard InChI is InChI=1S/C12H18O/c1-8-5-9(11(2,3)13)10-7-12(10,4)6-8/h5-6,10,13H,7H2,1-4H3. The van der Waals surface area contributed by atoms with Crippen LogP contribution >= 0.6 is 0 Å². The quantitative estimate of drug-likeness (QED) is 0.654. The molecule has 72 valence electrons. The Kier molecular flexibility index (Phi) is 1.57. The van der Waals surface area contributed by atoms with Crippen LogP contribution in [0.5, 0.6) is 0 Å². The molecule has 0 aromatic heterocycles. The average Bonchev–Trinajstić information content (AvgIpc) is 2.55. The maximum atomic E-state index is 9.98. The van der Waals surface area contributed by atoms with Gasteiger partial charge in [0.2, 0.25) is 0 Å². The molecule has 2 atom stereocenters. The Labute approximate surface area is 80.2 Å². The zero-order valence-electron chi connectivity index (χ0n) is 8.89. The summed E-state index contributed by atoms with van der Waals surface area (Å²) in [6, 6.07) is 0. The highest BCUT2D eigenvalue weighted by atomic mass is 16.3. The number of allylic oxidation sites excluding steroid dienone is 3. The molecule has 2 unspecified atom stereocenters. The van der Waals surface area contributed by atoms with Crippen LogP contribution in [0.25, 0.3) is 0 Å². The summed E-state index contributed by atoms with van der Waals surface area (Å²) in [6.45, 7) is 8.16. The lowest BCUT2D eigenvalue weighted by atomic mass is 9.84. The van der Waals surface area contributed by atoms with Crippen molar-refractivity contribution in [1.29, 1.82) is 0 Å². The van der Waals surface area contributed by atoms with Gasteiger partial charge >= 0.3 is 0 Å². The minimum Gasteiger partial charge on any atom is -0.386 e. The third-order valence-electron chi connectivity index (χ3n) is 3.30. The van der Waals surface area contributed by atoms with Crippen LogP contribution in [0, 0.1) is 11.3 Å². The van der Waals surface area contributed by atoms with Gasteiger partial charge in [0, 0.05) is 0 Å². The Balaban J connectivity index is 2.37. The lowest BCUT2D eigenvalue weighted by Gasteiger charge is -2.26. The fraction of sp³-hybridized carbons (Fsp3) is 0.667. The molecule has 1 fully saturated rings. The van der Waals surface area contributed by atoms with Crippen LogP contribution in [0.4, 0.5) is 0 Å². The van der Waals surface area contributed by atoms with Crippen LogP contribution in [-0.2, 0) is 0 Å². The molecule has 0 amide bonds. The molecule has 1 heteroatoms. The first-order chi connectivity index (χ1) is 5.83. The molecule has 1 saturated carbocycles. The molecule has 2 aliphatic rings. The molecule has 0 spiro atoms. The van der Waals surface area contributed by atoms with Crippen molar-refractivity contribution in [2.24, 2.45) is 11.3 Å². The van der Waals surface area contributed by atoms with E-state index >= 15 is 0 Å². The second-order valence-corrected chi connectivity index (χ2v) is 5.31. The van der Waals surface area contributed by atoms with Gasteiger partial charge in [-0.1, -0.05) is 24.6 Å². The van der Waals surface area contributed by atoms with E-state index in [1.807, 2.05) is 13.8 Å². The van der Waals surface area contributed by atoms with Gasteiger partial charge in [0.05, 0.1) is 5.60 Å². The van der Waals surface area contributed by atoms with E-state index in [0.29, 0.717) is 11.3 Å². The Bertz CT molecular complexity index is 304. The van der Waals surface area contributed by atoms with Crippen LogP contribution in [0.1, 0.15) is 34.1 Å². The van der Waals surface area contributed by atoms with E-state index in [2.05, 4.69) is 26.0 Å². The first-order valence-electron chi connectivity index (χ1n) is 4.97. The molecule has 0 aromatic carbocycles. The first kappa shape index (κ1) is 9.01. The van der Waals surface area contributed by atoms with Gasteiger partial charge in [-0.15, -0.1) is 0 Å². The van der Waals surface area contributed by atoms with Gasteiger partial charge in [0.1, 0.15) is 0 Å². The summed E-state index contributed by atoms with van der Waals surface area (Å²) in [7, 11) is 0. The second-order valence-electron chi connectivity index (χ2n) is 5.31. The molecule has 0 aliphatic heterocycles. The Morgan fingerprint density at radius 1 is 1.54 bits per heavy atom. The molecule has 1 nitrogen and oxygen atoms in total. The Hall–Kier alpha value is -0.560. The summed E-state index contributed by atoms with van der Waals surface area (Å²) in [4.78, 5) is 0. The maximum absolute atomic E-state index is 9.98. The van der Waals surface area contributed by atoms with Crippen LogP contribution in [0.2, 0.25) is 0 Å². The Morgan fingerprint density at radius 3 is 2.69 bits per heavy atom. The molecule has 0 heterocycles. The molecule has 2 rings (SSSR count). The predicted molar refractivity (Wildman–Crippen MR) is 54.4 cm³/mol. The van der Waals surface area contributed by atoms with Crippen molar-refractivity contribution < 1.29 is 5.11 Å². The summed E-state index contributed by atoms with van der Waals surface area (Å²) in [5.74, 6) is 0.594. The predicted octanol–water partition coefficient (Wildman–Crippen LogP) is 2.67. The normalized spacial score (nSPS) is 37.8. The number of fused-ring (bicyclic) bond motifs is 1. The molecular weight excluding hydrogens is 160 g/mol. The van der Waals surface area contributed by atoms with Crippen molar-refractivity contribution >= 4 is 0 Å². The second kappa shape index (κ2) is 2.27. The molecule has 0 bridgehead atoms. The molecule has 1 N–H and O–H groups in total. The van der Waals surface area contributed by atoms with Crippen molar-refractivity contribution in [3.63, 3.8) is 0 Å². The molecule has 13 heavy (non-hydrogen) atoms. The average molecular weight is 178 g/mol. The van der Waals surface area contributed by atoms with E-state index in [4.69, 9.17) is 0 Å². The SMILES string of the molecule is CC1=CC2(C)CC2C(C(C)(C)O)=C1. The zero-order chi connectivity index (χ0) is 9.85. The van der Waals surface area contributed by atoms with Gasteiger partial charge in [0.15, 0.2) is 0 Å². The molecule has 0 aromatic rings. The summed E-state index contributed by atoms with van der Waals surface area (Å²) in [5.41, 5.74) is 2.23. The number of hydrogen-bond donors (Lipinski definition) is 1. The number of aliphatic hydroxyl groups is 1. The summed E-state index contributed by atoms with van der Waals surface area (Å²) < 4.78 is 0. The summed E-state index contributed by atoms with van der Waals surface area (Å²) >= 11 is 0. The summed E-state index contributed by atoms with van der Waals surface area (Å²) in [6.07, 6.45) is 5.70. The number of hydrogen-bond acceptors (Lipinski definition) is 1. The largest absolute Gasteiger partial charge is 0.386 e. The smallest absolute Gasteiger partial charge is 0.0806 e. The highest BCUT2D eigenvalue weighted by Gasteiger charge is 2.54. The fourth-order valence-corrected chi connectivity index (χ4v) is 2.52. The Morgan fingerprint density at radius 2 is 2.15 bits per heavy atom. The maximum Gasteiger partial charge on any atom is 0.0806 e. The van der Waals surface area contributed by atoms with E-state index in [9.17, 15) is 5.11 Å². The third-order valence-corrected chi connectivity index (χ3v) is 3.30. The van der Waals surface area contributed by atoms with Crippen LogP contribution in [0.15, 0.2) is 23.3 Å². The molecule has 0 saturated heterocycles. The van der Waals surface area contributed by atoms with Gasteiger partial charge in [-0.2, -0.15) is 0 Å². The monoisotopic (exact) mass is 178 g/mol. The molecular formula is C12H18O. The fourth-order valence-electron chi connectivity index (χ4n) is 2.52. The summed E-state index contributed by atoms with van der Waals surface area (Å²) in [5, 5.41) is 9.98. The van der Waals surface area contributed by atoms with Gasteiger partial charge in [-0.25, -0.2) is 0 Å². The topological polar surface area (TPSA) is 20.2 Å². The van der Waals surface area contributed by atoms with Gasteiger partial charge in [-0.3, -0.25) is 0 Å². The van der Waals surface area contributed by atoms with E-state index in [0.717, 1.165) is 0 Å². The molecule has 0 radical (unpaired) electrons. The van der Waals surface area contributed by atoms with Crippen LogP contribution in [0.3, 0.4) is 0 Å². The van der Waals surface area contributed by atoms with Gasteiger partial charge < -0.3 is 5.11 Å². The van der Waals surface area contributed by atoms with Crippen molar-refractivity contribution in [2.75, 3.05) is 0 Å². The van der Waals surface area contributed by atoms with Crippen molar-refractivity contribution in [2.45, 2.75) is 39.7 Å². The lowest BCUT2D eigenvalue weighted by Crippen LogP contribution is -2.26. The minimum atomic E-state index is -0.641. The van der Waals surface area contributed by atoms with E-state index in [1.54, 1.807) is 0 Å². The highest BCUT2D eigenvalue weighted by Crippen LogP contribution is 2.61. The van der Waals surface area contributed by atoms with Gasteiger partial charge in [-0.05, 0) is 44.1 Å². The first-order valence-corrected chi connectivity index (χ1v) is 4.97. The van der Waals surface area contributed by atoms with Crippen molar-refractivity contribution in [1.82, 2.24) is 0 Å². The number of rotatable bonds is 1. The highest BCUT2D eigenvalue weighted by molar-refractivity contribution is 5.42. The van der Waals surface area contributed by atoms with Crippen LogP contribution < -0.4 is 0 Å². The van der Waals surface area contributed by atoms with E-state index in [1.165, 1.54) is 17.6 Å². The third kappa shape index (κ3) is 1.35. The lowest BCUT2D eigenvalue weighted by molar-refractivity contribution is 0.111. The minimum absolute atomic E-state index is 0.355. The van der Waals surface area contributed by atoms with Crippen molar-refractivity contribution in [3.8, 4) is 0 Å². The van der Waals surface area contributed by atoms with Gasteiger partial charge in [0.25, 0.3) is 0 Å².